The van der Waals surface area contributed by atoms with Gasteiger partial charge in [0.2, 0.25) is 5.91 Å². The molecule has 0 spiro atoms. The normalized spacial score (nSPS) is 11.6. The molecule has 0 saturated carbocycles. The standard InChI is InChI=1S/C22H15F3N2O3/c23-22(24,25)30-19-12-6-3-9-16(19)26-20(28)13-27-17-10-4-1-7-14(17)21(29)15-8-2-5-11-18(15)27/h1-12H,13H2,(H,26,28). The van der Waals surface area contributed by atoms with E-state index in [2.05, 4.69) is 10.1 Å². The van der Waals surface area contributed by atoms with Gasteiger partial charge in [-0.05, 0) is 36.4 Å². The van der Waals surface area contributed by atoms with Gasteiger partial charge in [0.1, 0.15) is 6.54 Å². The van der Waals surface area contributed by atoms with E-state index in [-0.39, 0.29) is 17.7 Å². The molecule has 4 aromatic rings. The Kier molecular flexibility index (Phi) is 4.91. The smallest absolute Gasteiger partial charge is 0.404 e. The highest BCUT2D eigenvalue weighted by molar-refractivity contribution is 5.97. The molecule has 0 aliphatic rings. The van der Waals surface area contributed by atoms with Gasteiger partial charge in [0.05, 0.1) is 16.7 Å². The molecule has 1 N–H and O–H groups in total. The lowest BCUT2D eigenvalue weighted by atomic mass is 10.1. The summed E-state index contributed by atoms with van der Waals surface area (Å²) in [4.78, 5) is 25.5. The lowest BCUT2D eigenvalue weighted by Gasteiger charge is -2.16. The van der Waals surface area contributed by atoms with Crippen LogP contribution in [0.3, 0.4) is 0 Å². The van der Waals surface area contributed by atoms with Gasteiger partial charge in [-0.2, -0.15) is 0 Å². The molecular weight excluding hydrogens is 397 g/mol. The molecule has 1 amide bonds. The minimum absolute atomic E-state index is 0.102. The van der Waals surface area contributed by atoms with Crippen LogP contribution in [0.2, 0.25) is 0 Å². The van der Waals surface area contributed by atoms with Crippen molar-refractivity contribution in [2.24, 2.45) is 0 Å². The zero-order valence-corrected chi connectivity index (χ0v) is 15.4. The average Bonchev–Trinajstić information content (AvgIpc) is 2.71. The molecule has 0 bridgehead atoms. The number of hydrogen-bond donors (Lipinski definition) is 1. The number of ether oxygens (including phenoxy) is 1. The number of carbonyl (C=O) groups is 1. The van der Waals surface area contributed by atoms with Gasteiger partial charge in [0, 0.05) is 10.8 Å². The first-order chi connectivity index (χ1) is 14.3. The summed E-state index contributed by atoms with van der Waals surface area (Å²) in [6.45, 7) is -0.207. The van der Waals surface area contributed by atoms with E-state index >= 15 is 0 Å². The molecule has 3 aromatic carbocycles. The fourth-order valence-electron chi connectivity index (χ4n) is 3.36. The van der Waals surface area contributed by atoms with Crippen molar-refractivity contribution in [3.05, 3.63) is 83.0 Å². The van der Waals surface area contributed by atoms with Crippen molar-refractivity contribution in [2.45, 2.75) is 12.9 Å². The van der Waals surface area contributed by atoms with Gasteiger partial charge >= 0.3 is 6.36 Å². The summed E-state index contributed by atoms with van der Waals surface area (Å²) in [7, 11) is 0. The lowest BCUT2D eigenvalue weighted by molar-refractivity contribution is -0.274. The van der Waals surface area contributed by atoms with E-state index in [1.807, 2.05) is 0 Å². The predicted molar refractivity (Wildman–Crippen MR) is 107 cm³/mol. The molecule has 5 nitrogen and oxygen atoms in total. The van der Waals surface area contributed by atoms with Gasteiger partial charge in [0.25, 0.3) is 0 Å². The van der Waals surface area contributed by atoms with E-state index in [1.54, 1.807) is 53.1 Å². The fourth-order valence-corrected chi connectivity index (χ4v) is 3.36. The van der Waals surface area contributed by atoms with Crippen molar-refractivity contribution in [1.82, 2.24) is 4.57 Å². The van der Waals surface area contributed by atoms with Gasteiger partial charge in [0.15, 0.2) is 11.2 Å². The molecule has 0 unspecified atom stereocenters. The van der Waals surface area contributed by atoms with Gasteiger partial charge in [-0.25, -0.2) is 0 Å². The number of pyridine rings is 1. The van der Waals surface area contributed by atoms with E-state index in [4.69, 9.17) is 0 Å². The zero-order valence-electron chi connectivity index (χ0n) is 15.4. The highest BCUT2D eigenvalue weighted by Crippen LogP contribution is 2.30. The number of para-hydroxylation sites is 4. The molecule has 4 rings (SSSR count). The molecule has 0 aliphatic carbocycles. The molecule has 1 heterocycles. The maximum absolute atomic E-state index is 12.8. The number of alkyl halides is 3. The first-order valence-electron chi connectivity index (χ1n) is 8.98. The van der Waals surface area contributed by atoms with Crippen LogP contribution in [0.25, 0.3) is 21.8 Å². The SMILES string of the molecule is O=C(Cn1c2ccccc2c(=O)c2ccccc21)Nc1ccccc1OC(F)(F)F. The number of nitrogens with one attached hydrogen (secondary N) is 1. The first-order valence-corrected chi connectivity index (χ1v) is 8.98. The third-order valence-electron chi connectivity index (χ3n) is 4.57. The Labute approximate surface area is 168 Å². The van der Waals surface area contributed by atoms with Crippen LogP contribution in [-0.4, -0.2) is 16.8 Å². The Hall–Kier alpha value is -3.81. The van der Waals surface area contributed by atoms with Gasteiger partial charge in [-0.1, -0.05) is 36.4 Å². The highest BCUT2D eigenvalue weighted by Gasteiger charge is 2.32. The van der Waals surface area contributed by atoms with Crippen molar-refractivity contribution in [1.29, 1.82) is 0 Å². The molecule has 0 aliphatic heterocycles. The number of hydrogen-bond acceptors (Lipinski definition) is 3. The van der Waals surface area contributed by atoms with E-state index in [9.17, 15) is 22.8 Å². The van der Waals surface area contributed by atoms with Crippen molar-refractivity contribution in [2.75, 3.05) is 5.32 Å². The fraction of sp³-hybridized carbons (Fsp3) is 0.0909. The second kappa shape index (κ2) is 7.55. The Morgan fingerprint density at radius 1 is 0.867 bits per heavy atom. The maximum atomic E-state index is 12.8. The van der Waals surface area contributed by atoms with Crippen LogP contribution in [0.15, 0.2) is 77.6 Å². The average molecular weight is 412 g/mol. The van der Waals surface area contributed by atoms with Crippen LogP contribution in [0.5, 0.6) is 5.75 Å². The lowest BCUT2D eigenvalue weighted by Crippen LogP contribution is -2.23. The first kappa shape index (κ1) is 19.5. The molecular formula is C22H15F3N2O3. The quantitative estimate of drug-likeness (QED) is 0.495. The second-order valence-corrected chi connectivity index (χ2v) is 6.54. The monoisotopic (exact) mass is 412 g/mol. The molecule has 1 aromatic heterocycles. The minimum atomic E-state index is -4.88. The minimum Gasteiger partial charge on any atom is -0.404 e. The summed E-state index contributed by atoms with van der Waals surface area (Å²) in [6.07, 6.45) is -4.88. The van der Waals surface area contributed by atoms with Crippen molar-refractivity contribution in [3.8, 4) is 5.75 Å². The molecule has 0 radical (unpaired) electrons. The van der Waals surface area contributed by atoms with Crippen LogP contribution in [0, 0.1) is 0 Å². The van der Waals surface area contributed by atoms with E-state index in [0.717, 1.165) is 6.07 Å². The number of anilines is 1. The Bertz CT molecular complexity index is 1250. The van der Waals surface area contributed by atoms with E-state index < -0.39 is 18.0 Å². The number of aromatic nitrogens is 1. The van der Waals surface area contributed by atoms with Gasteiger partial charge in [-0.15, -0.1) is 13.2 Å². The summed E-state index contributed by atoms with van der Waals surface area (Å²) in [5, 5.41) is 3.36. The Balaban J connectivity index is 1.73. The zero-order chi connectivity index (χ0) is 21.3. The summed E-state index contributed by atoms with van der Waals surface area (Å²) < 4.78 is 43.5. The van der Waals surface area contributed by atoms with Crippen LogP contribution < -0.4 is 15.5 Å². The topological polar surface area (TPSA) is 60.3 Å². The molecule has 0 saturated heterocycles. The molecule has 0 fully saturated rings. The molecule has 8 heteroatoms. The highest BCUT2D eigenvalue weighted by atomic mass is 19.4. The number of amides is 1. The number of halogens is 3. The van der Waals surface area contributed by atoms with Crippen LogP contribution in [-0.2, 0) is 11.3 Å². The van der Waals surface area contributed by atoms with E-state index in [1.165, 1.54) is 18.2 Å². The molecule has 152 valence electrons. The second-order valence-electron chi connectivity index (χ2n) is 6.54. The molecule has 30 heavy (non-hydrogen) atoms. The van der Waals surface area contributed by atoms with Gasteiger partial charge < -0.3 is 14.6 Å². The Morgan fingerprint density at radius 3 is 2.00 bits per heavy atom. The van der Waals surface area contributed by atoms with Crippen molar-refractivity contribution >= 4 is 33.4 Å². The maximum Gasteiger partial charge on any atom is 0.573 e. The number of fused-ring (bicyclic) bond motifs is 2. The summed E-state index contributed by atoms with van der Waals surface area (Å²) in [5.41, 5.74) is 0.851. The number of rotatable bonds is 4. The van der Waals surface area contributed by atoms with E-state index in [0.29, 0.717) is 21.8 Å². The third kappa shape index (κ3) is 3.84. The molecule has 0 atom stereocenters. The summed E-state index contributed by atoms with van der Waals surface area (Å²) >= 11 is 0. The summed E-state index contributed by atoms with van der Waals surface area (Å²) in [5.74, 6) is -1.07. The van der Waals surface area contributed by atoms with Crippen LogP contribution in [0.4, 0.5) is 18.9 Å². The number of nitrogens with zero attached hydrogens (tertiary/aromatic N) is 1. The van der Waals surface area contributed by atoms with Crippen molar-refractivity contribution in [3.63, 3.8) is 0 Å². The van der Waals surface area contributed by atoms with Crippen LogP contribution in [0.1, 0.15) is 0 Å². The number of carbonyl (C=O) groups excluding carboxylic acids is 1. The van der Waals surface area contributed by atoms with Gasteiger partial charge in [-0.3, -0.25) is 9.59 Å². The third-order valence-corrected chi connectivity index (χ3v) is 4.57. The van der Waals surface area contributed by atoms with Crippen LogP contribution >= 0.6 is 0 Å². The Morgan fingerprint density at radius 2 is 1.40 bits per heavy atom. The number of benzene rings is 3. The van der Waals surface area contributed by atoms with Crippen molar-refractivity contribution < 1.29 is 22.7 Å². The largest absolute Gasteiger partial charge is 0.573 e. The predicted octanol–water partition coefficient (Wildman–Crippen LogP) is 4.69. The summed E-state index contributed by atoms with van der Waals surface area (Å²) in [6, 6.07) is 19.0.